The molecule has 26 heavy (non-hydrogen) atoms. The Bertz CT molecular complexity index is 601. The number of cyclic esters (lactones) is 1. The Balaban J connectivity index is 1.74. The Labute approximate surface area is 154 Å². The van der Waals surface area contributed by atoms with Gasteiger partial charge in [0.25, 0.3) is 0 Å². The summed E-state index contributed by atoms with van der Waals surface area (Å²) in [5.41, 5.74) is 1.06. The van der Waals surface area contributed by atoms with Crippen molar-refractivity contribution in [2.24, 2.45) is 0 Å². The van der Waals surface area contributed by atoms with Crippen molar-refractivity contribution < 1.29 is 24.5 Å². The molecule has 1 aromatic rings. The van der Waals surface area contributed by atoms with Gasteiger partial charge >= 0.3 is 12.1 Å². The van der Waals surface area contributed by atoms with E-state index in [2.05, 4.69) is 0 Å². The zero-order valence-corrected chi connectivity index (χ0v) is 14.9. The molecular weight excluding hydrogens is 334 g/mol. The number of ether oxygens (including phenoxy) is 1. The summed E-state index contributed by atoms with van der Waals surface area (Å²) in [5, 5.41) is 18.8. The van der Waals surface area contributed by atoms with Crippen LogP contribution in [0.15, 0.2) is 42.5 Å². The highest BCUT2D eigenvalue weighted by Crippen LogP contribution is 2.16. The molecule has 1 unspecified atom stereocenters. The van der Waals surface area contributed by atoms with Crippen molar-refractivity contribution in [1.29, 1.82) is 0 Å². The highest BCUT2D eigenvalue weighted by molar-refractivity contribution is 5.70. The van der Waals surface area contributed by atoms with Gasteiger partial charge in [-0.1, -0.05) is 55.3 Å². The topological polar surface area (TPSA) is 87.1 Å². The monoisotopic (exact) mass is 361 g/mol. The molecule has 0 saturated carbocycles. The van der Waals surface area contributed by atoms with E-state index >= 15 is 0 Å². The number of carbonyl (C=O) groups excluding carboxylic acids is 1. The number of hydrogen-bond acceptors (Lipinski definition) is 4. The summed E-state index contributed by atoms with van der Waals surface area (Å²) in [7, 11) is 0. The van der Waals surface area contributed by atoms with Crippen LogP contribution in [-0.2, 0) is 16.0 Å². The first-order valence-electron chi connectivity index (χ1n) is 9.12. The molecule has 6 nitrogen and oxygen atoms in total. The van der Waals surface area contributed by atoms with E-state index in [-0.39, 0.29) is 18.6 Å². The number of unbranched alkanes of at least 4 members (excludes halogenated alkanes) is 3. The molecule has 0 aromatic heterocycles. The van der Waals surface area contributed by atoms with Crippen molar-refractivity contribution in [2.75, 3.05) is 13.2 Å². The van der Waals surface area contributed by atoms with Crippen LogP contribution in [0.5, 0.6) is 0 Å². The van der Waals surface area contributed by atoms with Crippen LogP contribution < -0.4 is 0 Å². The van der Waals surface area contributed by atoms with Crippen LogP contribution in [0.4, 0.5) is 4.79 Å². The minimum atomic E-state index is -0.771. The number of hydrogen-bond donors (Lipinski definition) is 2. The predicted octanol–water partition coefficient (Wildman–Crippen LogP) is 3.00. The number of aliphatic hydroxyl groups is 1. The molecule has 6 heteroatoms. The van der Waals surface area contributed by atoms with Crippen molar-refractivity contribution >= 4 is 12.1 Å². The van der Waals surface area contributed by atoms with Crippen molar-refractivity contribution in [3.05, 3.63) is 48.0 Å². The lowest BCUT2D eigenvalue weighted by atomic mass is 10.1. The van der Waals surface area contributed by atoms with Gasteiger partial charge in [-0.3, -0.25) is 9.69 Å². The molecule has 2 N–H and O–H groups in total. The third-order valence-corrected chi connectivity index (χ3v) is 4.40. The summed E-state index contributed by atoms with van der Waals surface area (Å²) in [5.74, 6) is -0.771. The Morgan fingerprint density at radius 3 is 2.69 bits per heavy atom. The average molecular weight is 361 g/mol. The quantitative estimate of drug-likeness (QED) is 0.467. The van der Waals surface area contributed by atoms with Crippen LogP contribution in [0.3, 0.4) is 0 Å². The maximum atomic E-state index is 11.9. The Morgan fingerprint density at radius 1 is 1.23 bits per heavy atom. The van der Waals surface area contributed by atoms with Crippen LogP contribution >= 0.6 is 0 Å². The zero-order valence-electron chi connectivity index (χ0n) is 14.9. The Hall–Kier alpha value is -2.34. The van der Waals surface area contributed by atoms with Crippen LogP contribution in [0.25, 0.3) is 0 Å². The molecule has 142 valence electrons. The first-order valence-corrected chi connectivity index (χ1v) is 9.12. The second-order valence-electron chi connectivity index (χ2n) is 6.54. The van der Waals surface area contributed by atoms with E-state index in [9.17, 15) is 14.7 Å². The summed E-state index contributed by atoms with van der Waals surface area (Å²) in [6.45, 7) is 0.877. The standard InChI is InChI=1S/C20H27NO5/c22-18(14-16-8-4-3-5-9-16)12-11-17-15-26-20(25)21(17)13-7-2-1-6-10-19(23)24/h3-5,8-9,11-12,17-18,22H,1-2,6-7,10,13-15H2,(H,23,24)/b12-11+/t17?,18-/m0/s1. The second-order valence-corrected chi connectivity index (χ2v) is 6.54. The van der Waals surface area contributed by atoms with E-state index in [4.69, 9.17) is 9.84 Å². The molecule has 1 heterocycles. The van der Waals surface area contributed by atoms with Crippen molar-refractivity contribution in [3.63, 3.8) is 0 Å². The number of benzene rings is 1. The molecule has 0 bridgehead atoms. The summed E-state index contributed by atoms with van der Waals surface area (Å²) >= 11 is 0. The highest BCUT2D eigenvalue weighted by Gasteiger charge is 2.30. The van der Waals surface area contributed by atoms with Crippen molar-refractivity contribution in [2.45, 2.75) is 50.7 Å². The summed E-state index contributed by atoms with van der Waals surface area (Å²) in [6.07, 6.45) is 6.53. The number of carbonyl (C=O) groups is 2. The average Bonchev–Trinajstić information content (AvgIpc) is 2.97. The van der Waals surface area contributed by atoms with Crippen LogP contribution in [0.1, 0.15) is 37.7 Å². The van der Waals surface area contributed by atoms with Gasteiger partial charge in [-0.15, -0.1) is 0 Å². The number of carboxylic acids is 1. The molecule has 1 fully saturated rings. The first kappa shape index (κ1) is 20.0. The lowest BCUT2D eigenvalue weighted by Gasteiger charge is -2.19. The van der Waals surface area contributed by atoms with Gasteiger partial charge in [-0.2, -0.15) is 0 Å². The zero-order chi connectivity index (χ0) is 18.8. The van der Waals surface area contributed by atoms with E-state index in [1.54, 1.807) is 11.0 Å². The molecule has 2 rings (SSSR count). The van der Waals surface area contributed by atoms with Crippen LogP contribution in [-0.4, -0.2) is 52.5 Å². The van der Waals surface area contributed by atoms with E-state index in [0.717, 1.165) is 24.8 Å². The van der Waals surface area contributed by atoms with E-state index in [0.29, 0.717) is 26.0 Å². The van der Waals surface area contributed by atoms with Crippen LogP contribution in [0, 0.1) is 0 Å². The van der Waals surface area contributed by atoms with E-state index in [1.165, 1.54) is 0 Å². The van der Waals surface area contributed by atoms with Gasteiger partial charge in [0, 0.05) is 19.4 Å². The van der Waals surface area contributed by atoms with Gasteiger partial charge < -0.3 is 14.9 Å². The van der Waals surface area contributed by atoms with Crippen molar-refractivity contribution in [1.82, 2.24) is 4.90 Å². The van der Waals surface area contributed by atoms with Gasteiger partial charge in [-0.05, 0) is 18.4 Å². The summed E-state index contributed by atoms with van der Waals surface area (Å²) in [6, 6.07) is 9.59. The fourth-order valence-corrected chi connectivity index (χ4v) is 2.97. The molecular formula is C20H27NO5. The number of carboxylic acid groups (broad SMARTS) is 1. The summed E-state index contributed by atoms with van der Waals surface area (Å²) < 4.78 is 5.11. The molecule has 2 atom stereocenters. The molecule has 0 spiro atoms. The first-order chi connectivity index (χ1) is 12.6. The lowest BCUT2D eigenvalue weighted by molar-refractivity contribution is -0.137. The van der Waals surface area contributed by atoms with Gasteiger partial charge in [0.2, 0.25) is 0 Å². The molecule has 0 aliphatic carbocycles. The Morgan fingerprint density at radius 2 is 1.96 bits per heavy atom. The summed E-state index contributed by atoms with van der Waals surface area (Å²) in [4.78, 5) is 24.0. The van der Waals surface area contributed by atoms with Gasteiger partial charge in [0.15, 0.2) is 0 Å². The number of aliphatic hydroxyl groups excluding tert-OH is 1. The van der Waals surface area contributed by atoms with Gasteiger partial charge in [-0.25, -0.2) is 4.79 Å². The minimum Gasteiger partial charge on any atom is -0.481 e. The highest BCUT2D eigenvalue weighted by atomic mass is 16.6. The fraction of sp³-hybridized carbons (Fsp3) is 0.500. The Kier molecular flexibility index (Phi) is 8.15. The maximum absolute atomic E-state index is 11.9. The fourth-order valence-electron chi connectivity index (χ4n) is 2.97. The van der Waals surface area contributed by atoms with E-state index in [1.807, 2.05) is 36.4 Å². The lowest BCUT2D eigenvalue weighted by Crippen LogP contribution is -2.33. The van der Waals surface area contributed by atoms with Crippen LogP contribution in [0.2, 0.25) is 0 Å². The number of amides is 1. The van der Waals surface area contributed by atoms with Gasteiger partial charge in [0.05, 0.1) is 12.1 Å². The third-order valence-electron chi connectivity index (χ3n) is 4.40. The van der Waals surface area contributed by atoms with Gasteiger partial charge in [0.1, 0.15) is 6.61 Å². The second kappa shape index (κ2) is 10.6. The number of nitrogens with zero attached hydrogens (tertiary/aromatic N) is 1. The number of rotatable bonds is 11. The van der Waals surface area contributed by atoms with E-state index < -0.39 is 12.1 Å². The largest absolute Gasteiger partial charge is 0.481 e. The normalized spacial score (nSPS) is 18.3. The molecule has 1 aliphatic heterocycles. The maximum Gasteiger partial charge on any atom is 0.410 e. The molecule has 0 radical (unpaired) electrons. The smallest absolute Gasteiger partial charge is 0.410 e. The third kappa shape index (κ3) is 6.88. The minimum absolute atomic E-state index is 0.160. The molecule has 1 saturated heterocycles. The van der Waals surface area contributed by atoms with Crippen molar-refractivity contribution in [3.8, 4) is 0 Å². The molecule has 1 aromatic carbocycles. The molecule has 1 aliphatic rings. The molecule has 1 amide bonds. The number of aliphatic carboxylic acids is 1. The predicted molar refractivity (Wildman–Crippen MR) is 97.9 cm³/mol. The SMILES string of the molecule is O=C(O)CCCCCCN1C(=O)OCC1/C=C/[C@H](O)Cc1ccccc1.